The highest BCUT2D eigenvalue weighted by Crippen LogP contribution is 2.20. The van der Waals surface area contributed by atoms with Crippen LogP contribution >= 0.6 is 0 Å². The standard InChI is InChI=1S/C23H25FN6O/c1-29(14-17-4-6-19(24)7-5-17)16-22(31)27-20-9-12-30(15-20)23-26-11-8-21(28-23)18-3-2-10-25-13-18/h2-8,10-11,13,20H,9,12,14-16H2,1H3,(H,27,31). The average Bonchev–Trinajstić information content (AvgIpc) is 3.24. The Morgan fingerprint density at radius 1 is 1.23 bits per heavy atom. The smallest absolute Gasteiger partial charge is 0.234 e. The van der Waals surface area contributed by atoms with Crippen molar-refractivity contribution in [3.63, 3.8) is 0 Å². The summed E-state index contributed by atoms with van der Waals surface area (Å²) in [6.45, 7) is 2.32. The van der Waals surface area contributed by atoms with Crippen molar-refractivity contribution in [1.82, 2.24) is 25.2 Å². The molecule has 3 heterocycles. The third-order valence-electron chi connectivity index (χ3n) is 5.22. The van der Waals surface area contributed by atoms with E-state index in [1.807, 2.05) is 30.1 Å². The van der Waals surface area contributed by atoms with E-state index in [0.717, 1.165) is 29.8 Å². The van der Waals surface area contributed by atoms with Crippen molar-refractivity contribution in [3.8, 4) is 11.3 Å². The second kappa shape index (κ2) is 9.61. The van der Waals surface area contributed by atoms with Crippen LogP contribution in [0.4, 0.5) is 10.3 Å². The summed E-state index contributed by atoms with van der Waals surface area (Å²) in [5.41, 5.74) is 2.74. The second-order valence-corrected chi connectivity index (χ2v) is 7.78. The van der Waals surface area contributed by atoms with Crippen LogP contribution in [-0.4, -0.2) is 58.5 Å². The zero-order chi connectivity index (χ0) is 21.6. The van der Waals surface area contributed by atoms with Crippen molar-refractivity contribution in [2.24, 2.45) is 0 Å². The van der Waals surface area contributed by atoms with Crippen molar-refractivity contribution < 1.29 is 9.18 Å². The van der Waals surface area contributed by atoms with E-state index in [9.17, 15) is 9.18 Å². The first-order valence-corrected chi connectivity index (χ1v) is 10.3. The first kappa shape index (κ1) is 20.9. The Hall–Kier alpha value is -3.39. The Morgan fingerprint density at radius 2 is 2.06 bits per heavy atom. The fraction of sp³-hybridized carbons (Fsp3) is 0.304. The van der Waals surface area contributed by atoms with Crippen LogP contribution in [0.1, 0.15) is 12.0 Å². The van der Waals surface area contributed by atoms with Crippen LogP contribution in [-0.2, 0) is 11.3 Å². The van der Waals surface area contributed by atoms with Crippen molar-refractivity contribution in [2.75, 3.05) is 31.6 Å². The number of hydrogen-bond donors (Lipinski definition) is 1. The molecule has 4 rings (SSSR count). The molecule has 8 heteroatoms. The Kier molecular flexibility index (Phi) is 6.47. The Balaban J connectivity index is 1.29. The van der Waals surface area contributed by atoms with Gasteiger partial charge in [-0.25, -0.2) is 14.4 Å². The minimum atomic E-state index is -0.259. The number of hydrogen-bond acceptors (Lipinski definition) is 6. The molecule has 1 saturated heterocycles. The molecule has 1 aliphatic heterocycles. The van der Waals surface area contributed by atoms with Crippen molar-refractivity contribution in [1.29, 1.82) is 0 Å². The lowest BCUT2D eigenvalue weighted by atomic mass is 10.2. The molecule has 2 aromatic heterocycles. The maximum absolute atomic E-state index is 13.0. The fourth-order valence-electron chi connectivity index (χ4n) is 3.71. The molecule has 0 saturated carbocycles. The van der Waals surface area contributed by atoms with Crippen molar-refractivity contribution >= 4 is 11.9 Å². The average molecular weight is 420 g/mol. The number of aromatic nitrogens is 3. The van der Waals surface area contributed by atoms with Crippen LogP contribution in [0.3, 0.4) is 0 Å². The van der Waals surface area contributed by atoms with Gasteiger partial charge in [0.25, 0.3) is 0 Å². The van der Waals surface area contributed by atoms with E-state index in [1.165, 1.54) is 12.1 Å². The van der Waals surface area contributed by atoms with Gasteiger partial charge in [-0.05, 0) is 49.4 Å². The molecule has 1 fully saturated rings. The Labute approximate surface area is 181 Å². The predicted octanol–water partition coefficient (Wildman–Crippen LogP) is 2.50. The van der Waals surface area contributed by atoms with Crippen molar-refractivity contribution in [3.05, 3.63) is 72.4 Å². The van der Waals surface area contributed by atoms with E-state index in [0.29, 0.717) is 19.0 Å². The highest BCUT2D eigenvalue weighted by molar-refractivity contribution is 5.78. The quantitative estimate of drug-likeness (QED) is 0.633. The number of halogens is 1. The van der Waals surface area contributed by atoms with Crippen LogP contribution in [0, 0.1) is 5.82 Å². The van der Waals surface area contributed by atoms with Gasteiger partial charge < -0.3 is 10.2 Å². The molecule has 0 bridgehead atoms. The highest BCUT2D eigenvalue weighted by atomic mass is 19.1. The molecule has 1 atom stereocenters. The summed E-state index contributed by atoms with van der Waals surface area (Å²) in [5.74, 6) is 0.373. The molecule has 1 aromatic carbocycles. The summed E-state index contributed by atoms with van der Waals surface area (Å²) in [5, 5.41) is 3.10. The number of rotatable bonds is 7. The minimum absolute atomic E-state index is 0.0264. The summed E-state index contributed by atoms with van der Waals surface area (Å²) in [7, 11) is 1.88. The molecule has 1 unspecified atom stereocenters. The van der Waals surface area contributed by atoms with Crippen LogP contribution in [0.5, 0.6) is 0 Å². The van der Waals surface area contributed by atoms with Gasteiger partial charge in [0.15, 0.2) is 0 Å². The normalized spacial score (nSPS) is 16.0. The number of benzene rings is 1. The number of pyridine rings is 1. The monoisotopic (exact) mass is 420 g/mol. The molecule has 31 heavy (non-hydrogen) atoms. The van der Waals surface area contributed by atoms with Crippen molar-refractivity contribution in [2.45, 2.75) is 19.0 Å². The van der Waals surface area contributed by atoms with E-state index in [2.05, 4.69) is 25.2 Å². The first-order chi connectivity index (χ1) is 15.1. The molecule has 1 aliphatic rings. The summed E-state index contributed by atoms with van der Waals surface area (Å²) in [6.07, 6.45) is 6.10. The molecule has 0 radical (unpaired) electrons. The number of anilines is 1. The lowest BCUT2D eigenvalue weighted by Gasteiger charge is -2.20. The fourth-order valence-corrected chi connectivity index (χ4v) is 3.71. The maximum Gasteiger partial charge on any atom is 0.234 e. The number of nitrogens with one attached hydrogen (secondary N) is 1. The van der Waals surface area contributed by atoms with E-state index in [1.54, 1.807) is 30.7 Å². The van der Waals surface area contributed by atoms with Gasteiger partial charge in [0, 0.05) is 49.8 Å². The largest absolute Gasteiger partial charge is 0.350 e. The Morgan fingerprint density at radius 3 is 2.84 bits per heavy atom. The summed E-state index contributed by atoms with van der Waals surface area (Å²) in [4.78, 5) is 29.7. The topological polar surface area (TPSA) is 74.2 Å². The minimum Gasteiger partial charge on any atom is -0.350 e. The molecule has 7 nitrogen and oxygen atoms in total. The highest BCUT2D eigenvalue weighted by Gasteiger charge is 2.26. The maximum atomic E-state index is 13.0. The van der Waals surface area contributed by atoms with E-state index >= 15 is 0 Å². The lowest BCUT2D eigenvalue weighted by molar-refractivity contribution is -0.122. The summed E-state index contributed by atoms with van der Waals surface area (Å²) in [6, 6.07) is 12.1. The third kappa shape index (κ3) is 5.61. The zero-order valence-corrected chi connectivity index (χ0v) is 17.4. The van der Waals surface area contributed by atoms with Gasteiger partial charge in [0.1, 0.15) is 5.82 Å². The van der Waals surface area contributed by atoms with Gasteiger partial charge in [-0.2, -0.15) is 0 Å². The van der Waals surface area contributed by atoms with Gasteiger partial charge in [-0.15, -0.1) is 0 Å². The van der Waals surface area contributed by atoms with Gasteiger partial charge in [-0.3, -0.25) is 14.7 Å². The molecular formula is C23H25FN6O. The van der Waals surface area contributed by atoms with E-state index in [4.69, 9.17) is 0 Å². The predicted molar refractivity (Wildman–Crippen MR) is 117 cm³/mol. The summed E-state index contributed by atoms with van der Waals surface area (Å²) >= 11 is 0. The Bertz CT molecular complexity index is 1010. The third-order valence-corrected chi connectivity index (χ3v) is 5.22. The zero-order valence-electron chi connectivity index (χ0n) is 17.4. The SMILES string of the molecule is CN(CC(=O)NC1CCN(c2nccc(-c3cccnc3)n2)C1)Cc1ccc(F)cc1. The van der Waals surface area contributed by atoms with Crippen LogP contribution in [0.25, 0.3) is 11.3 Å². The molecule has 0 spiro atoms. The number of carbonyl (C=O) groups is 1. The van der Waals surface area contributed by atoms with Crippen LogP contribution < -0.4 is 10.2 Å². The molecular weight excluding hydrogens is 395 g/mol. The number of likely N-dealkylation sites (N-methyl/N-ethyl adjacent to an activating group) is 1. The van der Waals surface area contributed by atoms with Gasteiger partial charge in [0.05, 0.1) is 12.2 Å². The first-order valence-electron chi connectivity index (χ1n) is 10.3. The molecule has 160 valence electrons. The van der Waals surface area contributed by atoms with E-state index in [-0.39, 0.29) is 24.3 Å². The number of nitrogens with zero attached hydrogens (tertiary/aromatic N) is 5. The van der Waals surface area contributed by atoms with E-state index < -0.39 is 0 Å². The molecule has 3 aromatic rings. The lowest BCUT2D eigenvalue weighted by Crippen LogP contribution is -2.42. The number of carbonyl (C=O) groups excluding carboxylic acids is 1. The molecule has 1 N–H and O–H groups in total. The van der Waals surface area contributed by atoms with Crippen LogP contribution in [0.2, 0.25) is 0 Å². The summed E-state index contributed by atoms with van der Waals surface area (Å²) < 4.78 is 13.0. The van der Waals surface area contributed by atoms with Gasteiger partial charge in [-0.1, -0.05) is 12.1 Å². The van der Waals surface area contributed by atoms with Gasteiger partial charge in [0.2, 0.25) is 11.9 Å². The number of amides is 1. The second-order valence-electron chi connectivity index (χ2n) is 7.78. The van der Waals surface area contributed by atoms with Crippen LogP contribution in [0.15, 0.2) is 61.1 Å². The molecule has 1 amide bonds. The van der Waals surface area contributed by atoms with Gasteiger partial charge >= 0.3 is 0 Å². The molecule has 0 aliphatic carbocycles.